The van der Waals surface area contributed by atoms with Crippen LogP contribution in [0.5, 0.6) is 0 Å². The van der Waals surface area contributed by atoms with Crippen LogP contribution in [0.25, 0.3) is 0 Å². The lowest BCUT2D eigenvalue weighted by atomic mass is 10.1. The maximum Gasteiger partial charge on any atom is 0.315 e. The number of aliphatic hydroxyl groups excluding tert-OH is 1. The number of nitrogens with one attached hydrogen (secondary N) is 2. The Bertz CT molecular complexity index is 710. The summed E-state index contributed by atoms with van der Waals surface area (Å²) in [7, 11) is 0. The minimum atomic E-state index is -0.356. The van der Waals surface area contributed by atoms with E-state index in [-0.39, 0.29) is 24.7 Å². The molecule has 2 atom stereocenters. The fourth-order valence-electron chi connectivity index (χ4n) is 2.44. The van der Waals surface area contributed by atoms with E-state index in [1.54, 1.807) is 18.2 Å². The number of benzene rings is 2. The molecule has 0 bridgehead atoms. The van der Waals surface area contributed by atoms with Gasteiger partial charge in [-0.3, -0.25) is 0 Å². The predicted octanol–water partition coefficient (Wildman–Crippen LogP) is 2.52. The van der Waals surface area contributed by atoms with E-state index in [0.717, 1.165) is 11.1 Å². The fourth-order valence-corrected chi connectivity index (χ4v) is 2.44. The van der Waals surface area contributed by atoms with Gasteiger partial charge in [0.05, 0.1) is 30.3 Å². The summed E-state index contributed by atoms with van der Waals surface area (Å²) in [6.45, 7) is 1.71. The molecule has 2 amide bonds. The molecule has 0 aliphatic carbocycles. The number of aliphatic hydroxyl groups is 1. The van der Waals surface area contributed by atoms with E-state index in [0.29, 0.717) is 12.0 Å². The Hall–Kier alpha value is -2.84. The molecule has 0 aromatic heterocycles. The normalized spacial score (nSPS) is 12.7. The lowest BCUT2D eigenvalue weighted by Gasteiger charge is -2.20. The zero-order chi connectivity index (χ0) is 17.4. The Labute approximate surface area is 141 Å². The van der Waals surface area contributed by atoms with Gasteiger partial charge >= 0.3 is 6.03 Å². The quantitative estimate of drug-likeness (QED) is 0.763. The van der Waals surface area contributed by atoms with Crippen LogP contribution in [0.15, 0.2) is 54.6 Å². The third-order valence-corrected chi connectivity index (χ3v) is 3.74. The summed E-state index contributed by atoms with van der Waals surface area (Å²) in [5.74, 6) is 0. The Morgan fingerprint density at radius 2 is 1.92 bits per heavy atom. The van der Waals surface area contributed by atoms with E-state index in [1.807, 2.05) is 43.3 Å². The van der Waals surface area contributed by atoms with Gasteiger partial charge in [-0.05, 0) is 36.6 Å². The number of hydrogen-bond acceptors (Lipinski definition) is 3. The molecule has 0 spiro atoms. The summed E-state index contributed by atoms with van der Waals surface area (Å²) < 4.78 is 0. The molecule has 124 valence electrons. The van der Waals surface area contributed by atoms with Gasteiger partial charge in [0.2, 0.25) is 0 Å². The molecular weight excluding hydrogens is 302 g/mol. The summed E-state index contributed by atoms with van der Waals surface area (Å²) in [4.78, 5) is 12.1. The van der Waals surface area contributed by atoms with Crippen molar-refractivity contribution >= 4 is 6.03 Å². The molecule has 0 aliphatic heterocycles. The van der Waals surface area contributed by atoms with Crippen molar-refractivity contribution in [2.45, 2.75) is 25.4 Å². The molecule has 0 heterocycles. The highest BCUT2D eigenvalue weighted by Gasteiger charge is 2.15. The first kappa shape index (κ1) is 17.5. The maximum atomic E-state index is 12.1. The second kappa shape index (κ2) is 8.70. The number of hydrogen-bond donors (Lipinski definition) is 3. The maximum absolute atomic E-state index is 12.1. The van der Waals surface area contributed by atoms with Gasteiger partial charge < -0.3 is 15.7 Å². The summed E-state index contributed by atoms with van der Waals surface area (Å²) >= 11 is 0. The molecule has 3 N–H and O–H groups in total. The van der Waals surface area contributed by atoms with E-state index in [9.17, 15) is 9.90 Å². The van der Waals surface area contributed by atoms with Crippen LogP contribution < -0.4 is 10.6 Å². The van der Waals surface area contributed by atoms with Crippen LogP contribution in [-0.2, 0) is 6.42 Å². The third kappa shape index (κ3) is 5.11. The van der Waals surface area contributed by atoms with Gasteiger partial charge in [0.1, 0.15) is 0 Å². The first-order chi connectivity index (χ1) is 11.6. The third-order valence-electron chi connectivity index (χ3n) is 3.74. The number of nitrogens with zero attached hydrogens (tertiary/aromatic N) is 1. The van der Waals surface area contributed by atoms with Crippen LogP contribution in [0.3, 0.4) is 0 Å². The number of urea groups is 1. The molecule has 2 aromatic carbocycles. The molecule has 2 rings (SSSR count). The van der Waals surface area contributed by atoms with Crippen LogP contribution in [-0.4, -0.2) is 23.8 Å². The van der Waals surface area contributed by atoms with Crippen LogP contribution in [0.4, 0.5) is 4.79 Å². The van der Waals surface area contributed by atoms with Gasteiger partial charge in [-0.15, -0.1) is 0 Å². The molecule has 0 saturated carbocycles. The number of nitriles is 1. The number of rotatable bonds is 6. The van der Waals surface area contributed by atoms with Crippen molar-refractivity contribution in [3.8, 4) is 6.07 Å². The largest absolute Gasteiger partial charge is 0.394 e. The summed E-state index contributed by atoms with van der Waals surface area (Å²) in [6.07, 6.45) is 0.559. The van der Waals surface area contributed by atoms with E-state index >= 15 is 0 Å². The molecule has 0 fully saturated rings. The van der Waals surface area contributed by atoms with Gasteiger partial charge in [-0.2, -0.15) is 5.26 Å². The van der Waals surface area contributed by atoms with E-state index in [1.165, 1.54) is 0 Å². The Morgan fingerprint density at radius 3 is 2.58 bits per heavy atom. The van der Waals surface area contributed by atoms with Crippen molar-refractivity contribution < 1.29 is 9.90 Å². The number of amides is 2. The number of carbonyl (C=O) groups excluding carboxylic acids is 1. The molecule has 5 heteroatoms. The first-order valence-electron chi connectivity index (χ1n) is 7.84. The zero-order valence-corrected chi connectivity index (χ0v) is 13.6. The Balaban J connectivity index is 1.92. The first-order valence-corrected chi connectivity index (χ1v) is 7.84. The Kier molecular flexibility index (Phi) is 6.35. The number of carbonyl (C=O) groups is 1. The molecule has 0 aliphatic rings. The molecule has 5 nitrogen and oxygen atoms in total. The SMILES string of the molecule is CC(NC(=O)N[C@H](CO)Cc1ccccc1)c1cccc(C#N)c1. The average molecular weight is 323 g/mol. The van der Waals surface area contributed by atoms with Crippen molar-refractivity contribution in [2.24, 2.45) is 0 Å². The van der Waals surface area contributed by atoms with Crippen LogP contribution in [0, 0.1) is 11.3 Å². The fraction of sp³-hybridized carbons (Fsp3) is 0.263. The second-order valence-corrected chi connectivity index (χ2v) is 5.65. The molecule has 24 heavy (non-hydrogen) atoms. The van der Waals surface area contributed by atoms with Crippen molar-refractivity contribution in [3.05, 3.63) is 71.3 Å². The van der Waals surface area contributed by atoms with Gasteiger partial charge in [0.25, 0.3) is 0 Å². The molecule has 0 saturated heterocycles. The van der Waals surface area contributed by atoms with E-state index in [4.69, 9.17) is 5.26 Å². The standard InChI is InChI=1S/C19H21N3O2/c1-14(17-9-5-8-16(10-17)12-20)21-19(24)22-18(13-23)11-15-6-3-2-4-7-15/h2-10,14,18,23H,11,13H2,1H3,(H2,21,22,24)/t14?,18-/m0/s1. The van der Waals surface area contributed by atoms with Gasteiger partial charge in [0.15, 0.2) is 0 Å². The smallest absolute Gasteiger partial charge is 0.315 e. The molecule has 1 unspecified atom stereocenters. The van der Waals surface area contributed by atoms with E-state index < -0.39 is 0 Å². The summed E-state index contributed by atoms with van der Waals surface area (Å²) in [5.41, 5.74) is 2.46. The second-order valence-electron chi connectivity index (χ2n) is 5.65. The van der Waals surface area contributed by atoms with E-state index in [2.05, 4.69) is 16.7 Å². The Morgan fingerprint density at radius 1 is 1.17 bits per heavy atom. The van der Waals surface area contributed by atoms with Crippen molar-refractivity contribution in [2.75, 3.05) is 6.61 Å². The van der Waals surface area contributed by atoms with Crippen molar-refractivity contribution in [3.63, 3.8) is 0 Å². The average Bonchev–Trinajstić information content (AvgIpc) is 2.62. The highest BCUT2D eigenvalue weighted by Crippen LogP contribution is 2.13. The molecule has 0 radical (unpaired) electrons. The molecular formula is C19H21N3O2. The minimum absolute atomic E-state index is 0.138. The highest BCUT2D eigenvalue weighted by atomic mass is 16.3. The molecule has 2 aromatic rings. The minimum Gasteiger partial charge on any atom is -0.394 e. The lowest BCUT2D eigenvalue weighted by Crippen LogP contribution is -2.45. The highest BCUT2D eigenvalue weighted by molar-refractivity contribution is 5.74. The van der Waals surface area contributed by atoms with Crippen LogP contribution in [0.1, 0.15) is 29.7 Å². The topological polar surface area (TPSA) is 85.2 Å². The van der Waals surface area contributed by atoms with Gasteiger partial charge in [-0.25, -0.2) is 4.79 Å². The van der Waals surface area contributed by atoms with Crippen molar-refractivity contribution in [1.82, 2.24) is 10.6 Å². The van der Waals surface area contributed by atoms with Gasteiger partial charge in [-0.1, -0.05) is 42.5 Å². The van der Waals surface area contributed by atoms with Crippen LogP contribution in [0.2, 0.25) is 0 Å². The van der Waals surface area contributed by atoms with Gasteiger partial charge in [0, 0.05) is 0 Å². The summed E-state index contributed by atoms with van der Waals surface area (Å²) in [6, 6.07) is 17.9. The lowest BCUT2D eigenvalue weighted by molar-refractivity contribution is 0.213. The monoisotopic (exact) mass is 323 g/mol. The zero-order valence-electron chi connectivity index (χ0n) is 13.6. The van der Waals surface area contributed by atoms with Crippen molar-refractivity contribution in [1.29, 1.82) is 5.26 Å². The summed E-state index contributed by atoms with van der Waals surface area (Å²) in [5, 5.41) is 24.0. The predicted molar refractivity (Wildman–Crippen MR) is 92.3 cm³/mol. The van der Waals surface area contributed by atoms with Crippen LogP contribution >= 0.6 is 0 Å².